The zero-order valence-corrected chi connectivity index (χ0v) is 15.8. The predicted molar refractivity (Wildman–Crippen MR) is 100 cm³/mol. The third-order valence-electron chi connectivity index (χ3n) is 4.49. The molecule has 2 aromatic carbocycles. The Balaban J connectivity index is 1.73. The monoisotopic (exact) mass is 383 g/mol. The fraction of sp³-hybridized carbons (Fsp3) is 0.250. The SMILES string of the molecule is COc1cccc([C@@]2(C)NC(=O)N(NC(=O)[C@H](C)Oc3ccccc3)C2=O)c1. The molecule has 0 aliphatic carbocycles. The van der Waals surface area contributed by atoms with Crippen LogP contribution in [0.4, 0.5) is 4.79 Å². The van der Waals surface area contributed by atoms with Crippen LogP contribution < -0.4 is 20.2 Å². The highest BCUT2D eigenvalue weighted by Crippen LogP contribution is 2.30. The number of benzene rings is 2. The number of para-hydroxylation sites is 1. The highest BCUT2D eigenvalue weighted by molar-refractivity contribution is 6.08. The number of hydrogen-bond donors (Lipinski definition) is 2. The molecule has 0 radical (unpaired) electrons. The lowest BCUT2D eigenvalue weighted by molar-refractivity contribution is -0.141. The molecule has 8 nitrogen and oxygen atoms in total. The van der Waals surface area contributed by atoms with Crippen LogP contribution >= 0.6 is 0 Å². The molecule has 0 bridgehead atoms. The fourth-order valence-electron chi connectivity index (χ4n) is 2.83. The van der Waals surface area contributed by atoms with E-state index in [1.165, 1.54) is 14.0 Å². The number of hydrazine groups is 1. The van der Waals surface area contributed by atoms with E-state index in [2.05, 4.69) is 10.7 Å². The van der Waals surface area contributed by atoms with Crippen LogP contribution in [0.5, 0.6) is 11.5 Å². The van der Waals surface area contributed by atoms with Crippen molar-refractivity contribution in [1.82, 2.24) is 15.8 Å². The highest BCUT2D eigenvalue weighted by atomic mass is 16.5. The van der Waals surface area contributed by atoms with E-state index >= 15 is 0 Å². The van der Waals surface area contributed by atoms with Crippen LogP contribution in [0.25, 0.3) is 0 Å². The molecule has 0 unspecified atom stereocenters. The zero-order chi connectivity index (χ0) is 20.3. The van der Waals surface area contributed by atoms with Gasteiger partial charge in [-0.3, -0.25) is 15.0 Å². The van der Waals surface area contributed by atoms with Gasteiger partial charge in [0.15, 0.2) is 6.10 Å². The van der Waals surface area contributed by atoms with Gasteiger partial charge in [-0.05, 0) is 43.7 Å². The first-order valence-corrected chi connectivity index (χ1v) is 8.68. The summed E-state index contributed by atoms with van der Waals surface area (Å²) in [4.78, 5) is 37.7. The van der Waals surface area contributed by atoms with E-state index in [0.29, 0.717) is 22.1 Å². The largest absolute Gasteiger partial charge is 0.497 e. The summed E-state index contributed by atoms with van der Waals surface area (Å²) in [5.41, 5.74) is 1.54. The van der Waals surface area contributed by atoms with Crippen molar-refractivity contribution in [2.24, 2.45) is 0 Å². The summed E-state index contributed by atoms with van der Waals surface area (Å²) in [6.45, 7) is 3.10. The number of nitrogens with zero attached hydrogens (tertiary/aromatic N) is 1. The van der Waals surface area contributed by atoms with E-state index < -0.39 is 29.5 Å². The summed E-state index contributed by atoms with van der Waals surface area (Å²) in [7, 11) is 1.51. The van der Waals surface area contributed by atoms with Crippen LogP contribution in [-0.4, -0.2) is 36.1 Å². The van der Waals surface area contributed by atoms with Crippen LogP contribution in [-0.2, 0) is 15.1 Å². The second-order valence-electron chi connectivity index (χ2n) is 6.48. The quantitative estimate of drug-likeness (QED) is 0.744. The summed E-state index contributed by atoms with van der Waals surface area (Å²) in [6.07, 6.45) is -0.910. The van der Waals surface area contributed by atoms with Crippen LogP contribution in [0.2, 0.25) is 0 Å². The molecule has 8 heteroatoms. The fourth-order valence-corrected chi connectivity index (χ4v) is 2.83. The van der Waals surface area contributed by atoms with Crippen molar-refractivity contribution >= 4 is 17.8 Å². The molecule has 2 N–H and O–H groups in total. The van der Waals surface area contributed by atoms with Gasteiger partial charge in [-0.2, -0.15) is 5.01 Å². The van der Waals surface area contributed by atoms with Crippen molar-refractivity contribution in [3.05, 3.63) is 60.2 Å². The summed E-state index contributed by atoms with van der Waals surface area (Å²) in [5, 5.41) is 3.29. The minimum Gasteiger partial charge on any atom is -0.497 e. The van der Waals surface area contributed by atoms with E-state index in [9.17, 15) is 14.4 Å². The third-order valence-corrected chi connectivity index (χ3v) is 4.49. The molecule has 1 fully saturated rings. The molecule has 1 aliphatic heterocycles. The molecule has 1 aliphatic rings. The van der Waals surface area contributed by atoms with Gasteiger partial charge in [0.25, 0.3) is 11.8 Å². The van der Waals surface area contributed by atoms with Crippen LogP contribution in [0, 0.1) is 0 Å². The number of rotatable bonds is 6. The molecule has 4 amide bonds. The van der Waals surface area contributed by atoms with Crippen LogP contribution in [0.1, 0.15) is 19.4 Å². The summed E-state index contributed by atoms with van der Waals surface area (Å²) in [6, 6.07) is 14.9. The van der Waals surface area contributed by atoms with E-state index in [4.69, 9.17) is 9.47 Å². The van der Waals surface area contributed by atoms with Gasteiger partial charge in [-0.15, -0.1) is 0 Å². The van der Waals surface area contributed by atoms with Crippen molar-refractivity contribution in [3.8, 4) is 11.5 Å². The van der Waals surface area contributed by atoms with Crippen molar-refractivity contribution in [2.45, 2.75) is 25.5 Å². The number of ether oxygens (including phenoxy) is 2. The predicted octanol–water partition coefficient (Wildman–Crippen LogP) is 1.96. The third kappa shape index (κ3) is 3.62. The van der Waals surface area contributed by atoms with E-state index in [0.717, 1.165) is 0 Å². The lowest BCUT2D eigenvalue weighted by atomic mass is 9.92. The Bertz CT molecular complexity index is 902. The van der Waals surface area contributed by atoms with Crippen molar-refractivity contribution in [2.75, 3.05) is 7.11 Å². The molecule has 1 saturated heterocycles. The summed E-state index contributed by atoms with van der Waals surface area (Å²) >= 11 is 0. The van der Waals surface area contributed by atoms with Gasteiger partial charge in [-0.1, -0.05) is 30.3 Å². The van der Waals surface area contributed by atoms with E-state index in [1.807, 2.05) is 6.07 Å². The molecular formula is C20H21N3O5. The molecule has 2 atom stereocenters. The Morgan fingerprint density at radius 2 is 1.79 bits per heavy atom. The number of methoxy groups -OCH3 is 1. The molecule has 0 aromatic heterocycles. The first-order chi connectivity index (χ1) is 13.3. The molecule has 2 aromatic rings. The van der Waals surface area contributed by atoms with Crippen LogP contribution in [0.3, 0.4) is 0 Å². The average Bonchev–Trinajstić information content (AvgIpc) is 2.92. The topological polar surface area (TPSA) is 97.0 Å². The Morgan fingerprint density at radius 3 is 2.46 bits per heavy atom. The number of carbonyl (C=O) groups excluding carboxylic acids is 3. The number of hydrogen-bond acceptors (Lipinski definition) is 5. The maximum absolute atomic E-state index is 12.9. The molecule has 1 heterocycles. The Hall–Kier alpha value is -3.55. The number of carbonyl (C=O) groups is 3. The van der Waals surface area contributed by atoms with Crippen LogP contribution in [0.15, 0.2) is 54.6 Å². The molecule has 0 saturated carbocycles. The number of amides is 4. The maximum atomic E-state index is 12.9. The minimum absolute atomic E-state index is 0.503. The lowest BCUT2D eigenvalue weighted by Gasteiger charge is -2.23. The molecule has 3 rings (SSSR count). The van der Waals surface area contributed by atoms with Crippen molar-refractivity contribution in [3.63, 3.8) is 0 Å². The highest BCUT2D eigenvalue weighted by Gasteiger charge is 2.50. The van der Waals surface area contributed by atoms with E-state index in [1.54, 1.807) is 55.5 Å². The van der Waals surface area contributed by atoms with Gasteiger partial charge in [0.2, 0.25) is 0 Å². The Labute approximate surface area is 162 Å². The average molecular weight is 383 g/mol. The van der Waals surface area contributed by atoms with Gasteiger partial charge >= 0.3 is 6.03 Å². The summed E-state index contributed by atoms with van der Waals surface area (Å²) in [5.74, 6) is -0.176. The van der Waals surface area contributed by atoms with E-state index in [-0.39, 0.29) is 0 Å². The number of nitrogens with one attached hydrogen (secondary N) is 2. The van der Waals surface area contributed by atoms with Gasteiger partial charge < -0.3 is 14.8 Å². The van der Waals surface area contributed by atoms with Gasteiger partial charge in [-0.25, -0.2) is 4.79 Å². The first-order valence-electron chi connectivity index (χ1n) is 8.68. The smallest absolute Gasteiger partial charge is 0.344 e. The van der Waals surface area contributed by atoms with Gasteiger partial charge in [0.05, 0.1) is 7.11 Å². The van der Waals surface area contributed by atoms with Gasteiger partial charge in [0.1, 0.15) is 17.0 Å². The normalized spacial score (nSPS) is 19.8. The molecular weight excluding hydrogens is 362 g/mol. The van der Waals surface area contributed by atoms with Crippen molar-refractivity contribution < 1.29 is 23.9 Å². The second kappa shape index (κ2) is 7.59. The molecule has 28 heavy (non-hydrogen) atoms. The zero-order valence-electron chi connectivity index (χ0n) is 15.8. The number of urea groups is 1. The van der Waals surface area contributed by atoms with Gasteiger partial charge in [0, 0.05) is 0 Å². The molecule has 146 valence electrons. The second-order valence-corrected chi connectivity index (χ2v) is 6.48. The minimum atomic E-state index is -1.33. The number of imide groups is 1. The summed E-state index contributed by atoms with van der Waals surface area (Å²) < 4.78 is 10.7. The molecule has 0 spiro atoms. The lowest BCUT2D eigenvalue weighted by Crippen LogP contribution is -2.51. The standard InChI is InChI=1S/C20H21N3O5/c1-13(28-15-9-5-4-6-10-15)17(24)22-23-18(25)20(2,21-19(23)26)14-8-7-11-16(12-14)27-3/h4-13H,1-3H3,(H,21,26)(H,22,24)/t13-,20+/m0/s1. The Kier molecular flexibility index (Phi) is 5.21. The maximum Gasteiger partial charge on any atom is 0.344 e. The first kappa shape index (κ1) is 19.2. The Morgan fingerprint density at radius 1 is 1.11 bits per heavy atom. The van der Waals surface area contributed by atoms with Crippen molar-refractivity contribution in [1.29, 1.82) is 0 Å².